The van der Waals surface area contributed by atoms with E-state index < -0.39 is 0 Å². The number of nitrogens with zero attached hydrogens (tertiary/aromatic N) is 5. The average Bonchev–Trinajstić information content (AvgIpc) is 3.59. The van der Waals surface area contributed by atoms with Crippen LogP contribution in [-0.4, -0.2) is 37.5 Å². The van der Waals surface area contributed by atoms with Crippen LogP contribution in [0.25, 0.3) is 11.6 Å². The summed E-state index contributed by atoms with van der Waals surface area (Å²) < 4.78 is 5.90. The highest BCUT2D eigenvalue weighted by atomic mass is 35.5. The fourth-order valence-electron chi connectivity index (χ4n) is 4.16. The third kappa shape index (κ3) is 4.74. The standard InChI is InChI=1S/C25H23ClN5O2S/c1-15(11-17-7-4-3-5-8-17)22-29-30-23(33-22)19-12-18(13-21(26)28-19)25(32)31-10-6-9-20(31)24-27-16(2)14-34-24/h3-5,7-8,12-14,20H,6,9-11H2,1-2H3/t20-/m1/s1. The van der Waals surface area contributed by atoms with Crippen LogP contribution in [0.15, 0.2) is 52.3 Å². The van der Waals surface area contributed by atoms with Crippen molar-refractivity contribution in [3.05, 3.63) is 86.6 Å². The van der Waals surface area contributed by atoms with Crippen LogP contribution in [0.2, 0.25) is 5.15 Å². The Balaban J connectivity index is 1.37. The van der Waals surface area contributed by atoms with E-state index in [4.69, 9.17) is 16.0 Å². The van der Waals surface area contributed by atoms with Gasteiger partial charge in [-0.05, 0) is 50.8 Å². The Hall–Kier alpha value is -3.10. The smallest absolute Gasteiger partial charge is 0.266 e. The van der Waals surface area contributed by atoms with Crippen LogP contribution in [0.4, 0.5) is 0 Å². The van der Waals surface area contributed by atoms with E-state index in [9.17, 15) is 4.79 Å². The molecule has 0 unspecified atom stereocenters. The predicted molar refractivity (Wildman–Crippen MR) is 131 cm³/mol. The van der Waals surface area contributed by atoms with Crippen LogP contribution in [0.5, 0.6) is 0 Å². The number of benzene rings is 1. The maximum Gasteiger partial charge on any atom is 0.266 e. The lowest BCUT2D eigenvalue weighted by atomic mass is 10.0. The highest BCUT2D eigenvalue weighted by Crippen LogP contribution is 2.35. The van der Waals surface area contributed by atoms with Crippen LogP contribution >= 0.6 is 22.9 Å². The van der Waals surface area contributed by atoms with E-state index in [0.29, 0.717) is 30.1 Å². The van der Waals surface area contributed by atoms with Crippen molar-refractivity contribution in [2.24, 2.45) is 0 Å². The molecule has 1 radical (unpaired) electrons. The summed E-state index contributed by atoms with van der Waals surface area (Å²) in [5, 5.41) is 11.5. The number of thiazole rings is 1. The lowest BCUT2D eigenvalue weighted by molar-refractivity contribution is 0.0735. The molecule has 3 aromatic heterocycles. The second-order valence-electron chi connectivity index (χ2n) is 8.40. The molecule has 4 heterocycles. The summed E-state index contributed by atoms with van der Waals surface area (Å²) in [7, 11) is 0. The molecule has 7 nitrogen and oxygen atoms in total. The third-order valence-electron chi connectivity index (χ3n) is 5.80. The molecule has 0 aliphatic carbocycles. The monoisotopic (exact) mass is 492 g/mol. The molecule has 1 amide bonds. The van der Waals surface area contributed by atoms with Crippen molar-refractivity contribution in [3.8, 4) is 11.6 Å². The fraction of sp³-hybridized carbons (Fsp3) is 0.280. The average molecular weight is 493 g/mol. The maximum atomic E-state index is 13.4. The molecule has 1 aromatic carbocycles. The van der Waals surface area contributed by atoms with E-state index in [1.165, 1.54) is 0 Å². The molecule has 1 aliphatic heterocycles. The number of rotatable bonds is 6. The molecule has 173 valence electrons. The van der Waals surface area contributed by atoms with Crippen molar-refractivity contribution in [2.75, 3.05) is 6.54 Å². The van der Waals surface area contributed by atoms with Crippen LogP contribution < -0.4 is 0 Å². The number of carbonyl (C=O) groups excluding carboxylic acids is 1. The van der Waals surface area contributed by atoms with Crippen molar-refractivity contribution in [2.45, 2.75) is 39.2 Å². The van der Waals surface area contributed by atoms with Gasteiger partial charge in [0.2, 0.25) is 5.89 Å². The van der Waals surface area contributed by atoms with E-state index in [0.717, 1.165) is 35.0 Å². The van der Waals surface area contributed by atoms with Gasteiger partial charge in [0.15, 0.2) is 0 Å². The summed E-state index contributed by atoms with van der Waals surface area (Å²) in [6.07, 6.45) is 2.53. The Labute approximate surface area is 206 Å². The molecule has 0 N–H and O–H groups in total. The van der Waals surface area contributed by atoms with Crippen molar-refractivity contribution >= 4 is 28.8 Å². The van der Waals surface area contributed by atoms with Crippen LogP contribution in [0.1, 0.15) is 58.3 Å². The first-order valence-electron chi connectivity index (χ1n) is 11.1. The quantitative estimate of drug-likeness (QED) is 0.320. The van der Waals surface area contributed by atoms with Gasteiger partial charge >= 0.3 is 0 Å². The van der Waals surface area contributed by atoms with E-state index >= 15 is 0 Å². The number of carbonyl (C=O) groups is 1. The summed E-state index contributed by atoms with van der Waals surface area (Å²) >= 11 is 7.89. The number of pyridine rings is 1. The van der Waals surface area contributed by atoms with Gasteiger partial charge in [-0.25, -0.2) is 9.97 Å². The second kappa shape index (κ2) is 9.64. The summed E-state index contributed by atoms with van der Waals surface area (Å²) in [6, 6.07) is 13.3. The maximum absolute atomic E-state index is 13.4. The van der Waals surface area contributed by atoms with Crippen molar-refractivity contribution in [1.29, 1.82) is 0 Å². The van der Waals surface area contributed by atoms with E-state index in [1.807, 2.05) is 42.3 Å². The largest absolute Gasteiger partial charge is 0.419 e. The lowest BCUT2D eigenvalue weighted by Gasteiger charge is -2.23. The van der Waals surface area contributed by atoms with E-state index in [-0.39, 0.29) is 23.0 Å². The number of aryl methyl sites for hydroxylation is 1. The summed E-state index contributed by atoms with van der Waals surface area (Å²) in [4.78, 5) is 24.2. The first-order valence-corrected chi connectivity index (χ1v) is 12.3. The number of likely N-dealkylation sites (tertiary alicyclic amines) is 1. The molecule has 1 saturated heterocycles. The number of halogens is 1. The number of amides is 1. The molecular weight excluding hydrogens is 470 g/mol. The number of hydrogen-bond donors (Lipinski definition) is 0. The highest BCUT2D eigenvalue weighted by molar-refractivity contribution is 7.09. The summed E-state index contributed by atoms with van der Waals surface area (Å²) in [6.45, 7) is 4.60. The molecule has 5 rings (SSSR count). The van der Waals surface area contributed by atoms with E-state index in [1.54, 1.807) is 23.5 Å². The van der Waals surface area contributed by atoms with Gasteiger partial charge < -0.3 is 9.32 Å². The Morgan fingerprint density at radius 2 is 2.03 bits per heavy atom. The fourth-order valence-corrected chi connectivity index (χ4v) is 5.32. The van der Waals surface area contributed by atoms with Gasteiger partial charge in [-0.2, -0.15) is 0 Å². The van der Waals surface area contributed by atoms with Gasteiger partial charge in [0, 0.05) is 23.2 Å². The van der Waals surface area contributed by atoms with Gasteiger partial charge in [-0.3, -0.25) is 4.79 Å². The zero-order valence-corrected chi connectivity index (χ0v) is 20.4. The van der Waals surface area contributed by atoms with Gasteiger partial charge in [0.25, 0.3) is 11.8 Å². The van der Waals surface area contributed by atoms with Gasteiger partial charge in [0.05, 0.1) is 12.0 Å². The molecule has 0 spiro atoms. The van der Waals surface area contributed by atoms with Gasteiger partial charge in [-0.15, -0.1) is 21.5 Å². The Bertz CT molecular complexity index is 1310. The summed E-state index contributed by atoms with van der Waals surface area (Å²) in [5.74, 6) is 1.51. The first kappa shape index (κ1) is 22.7. The second-order valence-corrected chi connectivity index (χ2v) is 9.68. The first-order chi connectivity index (χ1) is 16.5. The Morgan fingerprint density at radius 3 is 2.79 bits per heavy atom. The minimum atomic E-state index is -0.104. The molecule has 0 bridgehead atoms. The predicted octanol–water partition coefficient (Wildman–Crippen LogP) is 5.71. The molecular formula is C25H23ClN5O2S. The van der Waals surface area contributed by atoms with Crippen molar-refractivity contribution in [1.82, 2.24) is 25.1 Å². The highest BCUT2D eigenvalue weighted by Gasteiger charge is 2.33. The van der Waals surface area contributed by atoms with Gasteiger partial charge in [0.1, 0.15) is 15.9 Å². The topological polar surface area (TPSA) is 85.0 Å². The van der Waals surface area contributed by atoms with Crippen molar-refractivity contribution < 1.29 is 9.21 Å². The minimum absolute atomic E-state index is 0.0214. The minimum Gasteiger partial charge on any atom is -0.419 e. The van der Waals surface area contributed by atoms with Crippen molar-refractivity contribution in [3.63, 3.8) is 0 Å². The molecule has 1 aliphatic rings. The molecule has 4 aromatic rings. The molecule has 1 fully saturated rings. The molecule has 1 atom stereocenters. The third-order valence-corrected chi connectivity index (χ3v) is 7.06. The number of aromatic nitrogens is 4. The normalized spacial score (nSPS) is 15.9. The molecule has 34 heavy (non-hydrogen) atoms. The molecule has 0 saturated carbocycles. The summed E-state index contributed by atoms with van der Waals surface area (Å²) in [5.41, 5.74) is 2.95. The molecule has 9 heteroatoms. The van der Waals surface area contributed by atoms with Crippen LogP contribution in [0, 0.1) is 12.8 Å². The Morgan fingerprint density at radius 1 is 1.21 bits per heavy atom. The lowest BCUT2D eigenvalue weighted by Crippen LogP contribution is -2.30. The van der Waals surface area contributed by atoms with Crippen LogP contribution in [-0.2, 0) is 6.42 Å². The van der Waals surface area contributed by atoms with Crippen LogP contribution in [0.3, 0.4) is 0 Å². The Kier molecular flexibility index (Phi) is 6.43. The SMILES string of the molecule is C[C](Cc1ccccc1)c1nnc(-c2cc(C(=O)N3CCC[C@@H]3c3nc(C)cs3)cc(Cl)n2)o1. The van der Waals surface area contributed by atoms with E-state index in [2.05, 4.69) is 32.3 Å². The number of hydrogen-bond acceptors (Lipinski definition) is 7. The zero-order chi connectivity index (χ0) is 23.7. The zero-order valence-electron chi connectivity index (χ0n) is 18.9. The van der Waals surface area contributed by atoms with Gasteiger partial charge in [-0.1, -0.05) is 41.9 Å².